The molecule has 94 valence electrons. The van der Waals surface area contributed by atoms with E-state index in [1.807, 2.05) is 6.07 Å². The molecule has 0 bridgehead atoms. The van der Waals surface area contributed by atoms with Crippen molar-refractivity contribution in [3.05, 3.63) is 30.5 Å². The van der Waals surface area contributed by atoms with Crippen LogP contribution < -0.4 is 10.5 Å². The van der Waals surface area contributed by atoms with Gasteiger partial charge in [0.15, 0.2) is 6.10 Å². The molecule has 0 aliphatic rings. The van der Waals surface area contributed by atoms with Crippen LogP contribution in [0.5, 0.6) is 5.75 Å². The van der Waals surface area contributed by atoms with Crippen molar-refractivity contribution >= 4 is 22.6 Å². The average molecular weight is 246 g/mol. The molecule has 1 unspecified atom stereocenters. The lowest BCUT2D eigenvalue weighted by atomic mass is 10.1. The first kappa shape index (κ1) is 12.2. The number of nitrogen functional groups attached to an aromatic ring is 1. The van der Waals surface area contributed by atoms with E-state index in [9.17, 15) is 4.79 Å². The minimum absolute atomic E-state index is 0.390. The van der Waals surface area contributed by atoms with Crippen molar-refractivity contribution in [2.45, 2.75) is 19.4 Å². The molecule has 0 aliphatic heterocycles. The predicted octanol–water partition coefficient (Wildman–Crippen LogP) is 2.06. The maximum atomic E-state index is 11.0. The van der Waals surface area contributed by atoms with E-state index in [-0.39, 0.29) is 0 Å². The number of benzene rings is 1. The zero-order chi connectivity index (χ0) is 13.1. The number of nitrogens with zero attached hydrogens (tertiary/aromatic N) is 1. The Hall–Kier alpha value is -2.30. The molecule has 5 heteroatoms. The molecule has 5 nitrogen and oxygen atoms in total. The summed E-state index contributed by atoms with van der Waals surface area (Å²) in [5.74, 6) is -0.493. The van der Waals surface area contributed by atoms with E-state index in [4.69, 9.17) is 15.6 Å². The van der Waals surface area contributed by atoms with Gasteiger partial charge in [-0.2, -0.15) is 0 Å². The Morgan fingerprint density at radius 2 is 2.28 bits per heavy atom. The predicted molar refractivity (Wildman–Crippen MR) is 68.5 cm³/mol. The van der Waals surface area contributed by atoms with Crippen LogP contribution in [0.4, 0.5) is 5.69 Å². The second-order valence-corrected chi connectivity index (χ2v) is 3.91. The van der Waals surface area contributed by atoms with Crippen LogP contribution in [0.15, 0.2) is 30.5 Å². The summed E-state index contributed by atoms with van der Waals surface area (Å²) < 4.78 is 5.50. The summed E-state index contributed by atoms with van der Waals surface area (Å²) in [6, 6.07) is 6.91. The van der Waals surface area contributed by atoms with E-state index in [0.29, 0.717) is 23.4 Å². The first-order valence-electron chi connectivity index (χ1n) is 5.66. The zero-order valence-electron chi connectivity index (χ0n) is 9.96. The third kappa shape index (κ3) is 2.20. The normalized spacial score (nSPS) is 12.3. The number of rotatable bonds is 4. The van der Waals surface area contributed by atoms with Gasteiger partial charge >= 0.3 is 5.97 Å². The summed E-state index contributed by atoms with van der Waals surface area (Å²) in [4.78, 5) is 15.1. The van der Waals surface area contributed by atoms with Crippen molar-refractivity contribution in [3.63, 3.8) is 0 Å². The molecule has 1 heterocycles. The zero-order valence-corrected chi connectivity index (χ0v) is 9.96. The molecular formula is C13H14N2O3. The van der Waals surface area contributed by atoms with Gasteiger partial charge < -0.3 is 15.6 Å². The fourth-order valence-corrected chi connectivity index (χ4v) is 1.73. The molecule has 0 amide bonds. The van der Waals surface area contributed by atoms with Crippen LogP contribution in [0.25, 0.3) is 10.9 Å². The van der Waals surface area contributed by atoms with Gasteiger partial charge in [-0.25, -0.2) is 4.79 Å². The van der Waals surface area contributed by atoms with Gasteiger partial charge in [-0.3, -0.25) is 4.98 Å². The van der Waals surface area contributed by atoms with Gasteiger partial charge in [0, 0.05) is 11.6 Å². The third-order valence-corrected chi connectivity index (χ3v) is 2.68. The van der Waals surface area contributed by atoms with Gasteiger partial charge in [-0.05, 0) is 30.7 Å². The lowest BCUT2D eigenvalue weighted by molar-refractivity contribution is -0.145. The summed E-state index contributed by atoms with van der Waals surface area (Å²) in [7, 11) is 0. The second-order valence-electron chi connectivity index (χ2n) is 3.91. The van der Waals surface area contributed by atoms with Crippen molar-refractivity contribution in [2.75, 3.05) is 5.73 Å². The maximum Gasteiger partial charge on any atom is 0.344 e. The summed E-state index contributed by atoms with van der Waals surface area (Å²) >= 11 is 0. The van der Waals surface area contributed by atoms with E-state index in [0.717, 1.165) is 5.39 Å². The van der Waals surface area contributed by atoms with Crippen molar-refractivity contribution in [3.8, 4) is 5.75 Å². The Kier molecular flexibility index (Phi) is 3.32. The SMILES string of the molecule is CCC(Oc1ccc(N)c2ncccc12)C(=O)O. The molecule has 0 saturated heterocycles. The first-order valence-corrected chi connectivity index (χ1v) is 5.66. The van der Waals surface area contributed by atoms with Gasteiger partial charge in [-0.1, -0.05) is 6.92 Å². The second kappa shape index (κ2) is 4.91. The number of pyridine rings is 1. The van der Waals surface area contributed by atoms with Crippen LogP contribution in [0.3, 0.4) is 0 Å². The molecule has 1 aromatic carbocycles. The highest BCUT2D eigenvalue weighted by atomic mass is 16.5. The highest BCUT2D eigenvalue weighted by Gasteiger charge is 2.18. The molecule has 1 atom stereocenters. The van der Waals surface area contributed by atoms with Crippen LogP contribution in [0.1, 0.15) is 13.3 Å². The Balaban J connectivity index is 2.45. The average Bonchev–Trinajstić information content (AvgIpc) is 2.38. The number of anilines is 1. The smallest absolute Gasteiger partial charge is 0.344 e. The van der Waals surface area contributed by atoms with Crippen molar-refractivity contribution in [2.24, 2.45) is 0 Å². The van der Waals surface area contributed by atoms with E-state index in [1.54, 1.807) is 31.3 Å². The quantitative estimate of drug-likeness (QED) is 0.806. The molecule has 18 heavy (non-hydrogen) atoms. The van der Waals surface area contributed by atoms with Gasteiger partial charge in [0.05, 0.1) is 11.2 Å². The first-order chi connectivity index (χ1) is 8.63. The molecule has 0 fully saturated rings. The minimum atomic E-state index is -0.980. The van der Waals surface area contributed by atoms with Crippen LogP contribution in [0, 0.1) is 0 Å². The molecule has 2 aromatic rings. The van der Waals surface area contributed by atoms with E-state index < -0.39 is 12.1 Å². The molecular weight excluding hydrogens is 232 g/mol. The highest BCUT2D eigenvalue weighted by molar-refractivity contribution is 5.94. The number of hydrogen-bond acceptors (Lipinski definition) is 4. The fraction of sp³-hybridized carbons (Fsp3) is 0.231. The van der Waals surface area contributed by atoms with E-state index >= 15 is 0 Å². The third-order valence-electron chi connectivity index (χ3n) is 2.68. The molecule has 2 rings (SSSR count). The lowest BCUT2D eigenvalue weighted by Crippen LogP contribution is -2.26. The lowest BCUT2D eigenvalue weighted by Gasteiger charge is -2.15. The number of aliphatic carboxylic acids is 1. The molecule has 1 aromatic heterocycles. The van der Waals surface area contributed by atoms with E-state index in [1.165, 1.54) is 0 Å². The maximum absolute atomic E-state index is 11.0. The number of nitrogens with two attached hydrogens (primary N) is 1. The van der Waals surface area contributed by atoms with Crippen LogP contribution in [0.2, 0.25) is 0 Å². The Labute approximate surface area is 104 Å². The summed E-state index contributed by atoms with van der Waals surface area (Å²) in [5.41, 5.74) is 6.98. The molecule has 0 spiro atoms. The minimum Gasteiger partial charge on any atom is -0.479 e. The molecule has 0 radical (unpaired) electrons. The van der Waals surface area contributed by atoms with Crippen molar-refractivity contribution in [1.82, 2.24) is 4.98 Å². The number of fused-ring (bicyclic) bond motifs is 1. The van der Waals surface area contributed by atoms with Gasteiger partial charge in [-0.15, -0.1) is 0 Å². The standard InChI is InChI=1S/C13H14N2O3/c1-2-10(13(16)17)18-11-6-5-9(14)12-8(11)4-3-7-15-12/h3-7,10H,2,14H2,1H3,(H,16,17). The molecule has 0 saturated carbocycles. The highest BCUT2D eigenvalue weighted by Crippen LogP contribution is 2.29. The summed E-state index contributed by atoms with van der Waals surface area (Å²) in [6.07, 6.45) is 1.16. The Morgan fingerprint density at radius 3 is 2.94 bits per heavy atom. The number of aromatic nitrogens is 1. The Bertz CT molecular complexity index is 583. The number of carboxylic acids is 1. The number of carbonyl (C=O) groups is 1. The van der Waals surface area contributed by atoms with Crippen molar-refractivity contribution < 1.29 is 14.6 Å². The van der Waals surface area contributed by atoms with Crippen LogP contribution >= 0.6 is 0 Å². The number of carboxylic acid groups (broad SMARTS) is 1. The number of hydrogen-bond donors (Lipinski definition) is 2. The summed E-state index contributed by atoms with van der Waals surface area (Å²) in [6.45, 7) is 1.76. The molecule has 3 N–H and O–H groups in total. The number of ether oxygens (including phenoxy) is 1. The monoisotopic (exact) mass is 246 g/mol. The van der Waals surface area contributed by atoms with Gasteiger partial charge in [0.2, 0.25) is 0 Å². The van der Waals surface area contributed by atoms with Gasteiger partial charge in [0.1, 0.15) is 5.75 Å². The molecule has 0 aliphatic carbocycles. The van der Waals surface area contributed by atoms with E-state index in [2.05, 4.69) is 4.98 Å². The largest absolute Gasteiger partial charge is 0.479 e. The van der Waals surface area contributed by atoms with Gasteiger partial charge in [0.25, 0.3) is 0 Å². The summed E-state index contributed by atoms with van der Waals surface area (Å²) in [5, 5.41) is 9.72. The fourth-order valence-electron chi connectivity index (χ4n) is 1.73. The van der Waals surface area contributed by atoms with Crippen molar-refractivity contribution in [1.29, 1.82) is 0 Å². The van der Waals surface area contributed by atoms with Crippen LogP contribution in [-0.4, -0.2) is 22.2 Å². The Morgan fingerprint density at radius 1 is 1.50 bits per heavy atom. The van der Waals surface area contributed by atoms with Crippen LogP contribution in [-0.2, 0) is 4.79 Å². The topological polar surface area (TPSA) is 85.4 Å².